The first-order valence-corrected chi connectivity index (χ1v) is 18.0. The molecule has 256 valence electrons. The zero-order valence-corrected chi connectivity index (χ0v) is 30.7. The minimum atomic E-state index is -0.128. The van der Waals surface area contributed by atoms with Crippen molar-refractivity contribution in [3.63, 3.8) is 0 Å². The Balaban J connectivity index is 1.37. The molecule has 4 aromatic heterocycles. The molecule has 0 unspecified atom stereocenters. The molecule has 5 aromatic carbocycles. The zero-order chi connectivity index (χ0) is 35.9. The molecule has 4 heterocycles. The number of aromatic nitrogens is 2. The van der Waals surface area contributed by atoms with Crippen LogP contribution in [0.2, 0.25) is 0 Å². The van der Waals surface area contributed by atoms with E-state index in [1.54, 1.807) is 0 Å². The normalized spacial score (nSPS) is 12.5. The van der Waals surface area contributed by atoms with Gasteiger partial charge in [0.15, 0.2) is 5.58 Å². The quantitative estimate of drug-likeness (QED) is 0.185. The number of nitrogens with zero attached hydrogens (tertiary/aromatic N) is 3. The summed E-state index contributed by atoms with van der Waals surface area (Å²) < 4.78 is 13.4. The molecule has 9 aromatic rings. The molecule has 0 amide bonds. The molecule has 5 heteroatoms. The summed E-state index contributed by atoms with van der Waals surface area (Å²) in [4.78, 5) is 13.1. The number of fused-ring (bicyclic) bond motifs is 4. The van der Waals surface area contributed by atoms with Crippen molar-refractivity contribution in [3.05, 3.63) is 138 Å². The molecule has 5 nitrogen and oxygen atoms in total. The first kappa shape index (κ1) is 32.0. The molecular weight excluding hydrogens is 639 g/mol. The first-order valence-electron chi connectivity index (χ1n) is 18.0. The van der Waals surface area contributed by atoms with Crippen LogP contribution in [0, 0.1) is 6.92 Å². The van der Waals surface area contributed by atoms with Crippen LogP contribution in [0.5, 0.6) is 0 Å². The first-order chi connectivity index (χ1) is 24.9. The van der Waals surface area contributed by atoms with Crippen LogP contribution >= 0.6 is 0 Å². The molecule has 0 N–H and O–H groups in total. The van der Waals surface area contributed by atoms with E-state index in [2.05, 4.69) is 150 Å². The molecule has 0 aliphatic carbocycles. The van der Waals surface area contributed by atoms with Gasteiger partial charge in [-0.1, -0.05) is 108 Å². The molecular formula is C47H41N3O2. The van der Waals surface area contributed by atoms with Gasteiger partial charge < -0.3 is 8.83 Å². The maximum Gasteiger partial charge on any atom is 0.156 e. The van der Waals surface area contributed by atoms with Gasteiger partial charge in [0, 0.05) is 27.4 Å². The molecule has 9 rings (SSSR count). The lowest BCUT2D eigenvalue weighted by molar-refractivity contribution is 0.588. The molecule has 0 atom stereocenters. The number of benzene rings is 5. The highest BCUT2D eigenvalue weighted by atomic mass is 16.3. The molecule has 52 heavy (non-hydrogen) atoms. The lowest BCUT2D eigenvalue weighted by Gasteiger charge is -2.27. The topological polar surface area (TPSA) is 55.3 Å². The lowest BCUT2D eigenvalue weighted by Crippen LogP contribution is -2.17. The highest BCUT2D eigenvalue weighted by Crippen LogP contribution is 2.44. The fraction of sp³-hybridized carbons (Fsp3) is 0.191. The van der Waals surface area contributed by atoms with E-state index in [-0.39, 0.29) is 10.8 Å². The van der Waals surface area contributed by atoms with Crippen LogP contribution in [-0.4, -0.2) is 9.97 Å². The van der Waals surface area contributed by atoms with Gasteiger partial charge in [-0.2, -0.15) is 0 Å². The number of anilines is 3. The van der Waals surface area contributed by atoms with Gasteiger partial charge in [-0.3, -0.25) is 4.90 Å². The van der Waals surface area contributed by atoms with Crippen LogP contribution < -0.4 is 4.90 Å². The van der Waals surface area contributed by atoms with Gasteiger partial charge in [0.2, 0.25) is 0 Å². The van der Waals surface area contributed by atoms with Crippen molar-refractivity contribution in [1.29, 1.82) is 0 Å². The van der Waals surface area contributed by atoms with Crippen LogP contribution in [0.25, 0.3) is 66.0 Å². The van der Waals surface area contributed by atoms with Crippen LogP contribution in [0.1, 0.15) is 58.2 Å². The fourth-order valence-corrected chi connectivity index (χ4v) is 7.39. The summed E-state index contributed by atoms with van der Waals surface area (Å²) >= 11 is 0. The van der Waals surface area contributed by atoms with Gasteiger partial charge in [0.05, 0.1) is 11.1 Å². The standard InChI is InChI=1S/C47H41N3O2/c1-28-23-39(49-43-35-25-29-15-11-12-20-34(29)45-41(35)42-37(51-44(28)43)21-14-22-38(42)52-45)50(33-18-9-8-10-19-33)40-27-32(47(5,6)7)26-36(48-40)30-16-13-17-31(24-30)46(2,3)4/h8-27H,1-7H3. The summed E-state index contributed by atoms with van der Waals surface area (Å²) in [6.07, 6.45) is 0. The van der Waals surface area contributed by atoms with Crippen molar-refractivity contribution >= 4 is 72.1 Å². The second kappa shape index (κ2) is 11.5. The Hall–Kier alpha value is -5.94. The molecule has 0 aliphatic heterocycles. The molecule has 0 radical (unpaired) electrons. The third kappa shape index (κ3) is 5.22. The molecule has 0 saturated heterocycles. The monoisotopic (exact) mass is 679 g/mol. The smallest absolute Gasteiger partial charge is 0.156 e. The number of rotatable bonds is 4. The number of furan rings is 1. The number of hydrogen-bond acceptors (Lipinski definition) is 5. The minimum absolute atomic E-state index is 0.0102. The molecule has 0 spiro atoms. The van der Waals surface area contributed by atoms with Crippen molar-refractivity contribution in [2.75, 3.05) is 4.90 Å². The highest BCUT2D eigenvalue weighted by Gasteiger charge is 2.25. The van der Waals surface area contributed by atoms with Gasteiger partial charge in [0.25, 0.3) is 0 Å². The summed E-state index contributed by atoms with van der Waals surface area (Å²) in [5, 5.41) is 5.13. The highest BCUT2D eigenvalue weighted by molar-refractivity contribution is 6.29. The van der Waals surface area contributed by atoms with Gasteiger partial charge >= 0.3 is 0 Å². The Morgan fingerprint density at radius 1 is 0.538 bits per heavy atom. The number of pyridine rings is 2. The maximum atomic E-state index is 6.81. The number of hydrogen-bond donors (Lipinski definition) is 0. The van der Waals surface area contributed by atoms with E-state index < -0.39 is 0 Å². The summed E-state index contributed by atoms with van der Waals surface area (Å²) in [6.45, 7) is 15.6. The molecule has 0 fully saturated rings. The Morgan fingerprint density at radius 3 is 1.96 bits per heavy atom. The largest absolute Gasteiger partial charge is 0.455 e. The predicted molar refractivity (Wildman–Crippen MR) is 216 cm³/mol. The van der Waals surface area contributed by atoms with Gasteiger partial charge in [0.1, 0.15) is 33.9 Å². The number of para-hydroxylation sites is 1. The Bertz CT molecular complexity index is 2830. The SMILES string of the molecule is Cc1cc(N(c2ccccc2)c2cc(C(C)(C)C)cc(-c3cccc(C(C)(C)C)c3)n2)nc2c1oc1cccc3oc4c5ccccc5cc2c4c13. The molecule has 0 bridgehead atoms. The second-order valence-electron chi connectivity index (χ2n) is 16.0. The van der Waals surface area contributed by atoms with Crippen molar-refractivity contribution in [3.8, 4) is 11.3 Å². The minimum Gasteiger partial charge on any atom is -0.455 e. The van der Waals surface area contributed by atoms with E-state index in [0.29, 0.717) is 0 Å². The van der Waals surface area contributed by atoms with Crippen LogP contribution in [0.4, 0.5) is 17.3 Å². The van der Waals surface area contributed by atoms with Crippen molar-refractivity contribution in [2.24, 2.45) is 0 Å². The van der Waals surface area contributed by atoms with E-state index in [9.17, 15) is 0 Å². The van der Waals surface area contributed by atoms with Crippen molar-refractivity contribution in [1.82, 2.24) is 9.97 Å². The lowest BCUT2D eigenvalue weighted by atomic mass is 9.84. The van der Waals surface area contributed by atoms with Crippen LogP contribution in [0.3, 0.4) is 0 Å². The summed E-state index contributed by atoms with van der Waals surface area (Å²) in [7, 11) is 0. The molecule has 0 saturated carbocycles. The predicted octanol–water partition coefficient (Wildman–Crippen LogP) is 13.5. The number of aryl methyl sites for hydroxylation is 1. The van der Waals surface area contributed by atoms with Crippen molar-refractivity contribution < 1.29 is 8.83 Å². The Labute approximate surface area is 303 Å². The summed E-state index contributed by atoms with van der Waals surface area (Å²) in [5.41, 5.74) is 10.2. The Kier molecular flexibility index (Phi) is 7.10. The van der Waals surface area contributed by atoms with E-state index in [1.165, 1.54) is 11.1 Å². The van der Waals surface area contributed by atoms with Crippen LogP contribution in [0.15, 0.2) is 130 Å². The van der Waals surface area contributed by atoms with E-state index >= 15 is 0 Å². The Morgan fingerprint density at radius 2 is 1.21 bits per heavy atom. The average Bonchev–Trinajstić information content (AvgIpc) is 3.46. The second-order valence-corrected chi connectivity index (χ2v) is 16.0. The summed E-state index contributed by atoms with van der Waals surface area (Å²) in [6, 6.07) is 42.4. The third-order valence-corrected chi connectivity index (χ3v) is 10.2. The van der Waals surface area contributed by atoms with E-state index in [4.69, 9.17) is 18.8 Å². The van der Waals surface area contributed by atoms with Crippen LogP contribution in [-0.2, 0) is 10.8 Å². The zero-order valence-electron chi connectivity index (χ0n) is 30.7. The van der Waals surface area contributed by atoms with Gasteiger partial charge in [-0.25, -0.2) is 9.97 Å². The average molecular weight is 680 g/mol. The third-order valence-electron chi connectivity index (χ3n) is 10.2. The van der Waals surface area contributed by atoms with Crippen molar-refractivity contribution in [2.45, 2.75) is 59.3 Å². The van der Waals surface area contributed by atoms with E-state index in [0.717, 1.165) is 88.9 Å². The maximum absolute atomic E-state index is 6.81. The summed E-state index contributed by atoms with van der Waals surface area (Å²) in [5.74, 6) is 1.56. The van der Waals surface area contributed by atoms with E-state index in [1.807, 2.05) is 24.3 Å². The molecule has 0 aliphatic rings. The fourth-order valence-electron chi connectivity index (χ4n) is 7.39. The van der Waals surface area contributed by atoms with Gasteiger partial charge in [-0.05, 0) is 94.4 Å². The van der Waals surface area contributed by atoms with Gasteiger partial charge in [-0.15, -0.1) is 0 Å².